The highest BCUT2D eigenvalue weighted by Gasteiger charge is 2.57. The van der Waals surface area contributed by atoms with E-state index in [0.29, 0.717) is 10.9 Å². The molecule has 1 aromatic heterocycles. The minimum absolute atomic E-state index is 0.305. The van der Waals surface area contributed by atoms with Gasteiger partial charge in [0, 0.05) is 22.7 Å². The Morgan fingerprint density at radius 3 is 2.68 bits per heavy atom. The first-order valence-corrected chi connectivity index (χ1v) is 7.37. The SMILES string of the molecule is OC[C@H]1O[C@H](OBr)[C@H](O)[C@](O)(c2c[nH]c3ccccc23)[C@H]1O. The van der Waals surface area contributed by atoms with E-state index in [2.05, 4.69) is 21.2 Å². The first-order valence-electron chi connectivity index (χ1n) is 6.72. The summed E-state index contributed by atoms with van der Waals surface area (Å²) in [7, 11) is 0. The van der Waals surface area contributed by atoms with Gasteiger partial charge in [-0.1, -0.05) is 18.2 Å². The Labute approximate surface area is 134 Å². The van der Waals surface area contributed by atoms with Gasteiger partial charge in [-0.15, -0.1) is 0 Å². The van der Waals surface area contributed by atoms with Crippen molar-refractivity contribution in [3.05, 3.63) is 36.0 Å². The van der Waals surface area contributed by atoms with Crippen molar-refractivity contribution in [2.24, 2.45) is 0 Å². The maximum Gasteiger partial charge on any atom is 0.200 e. The van der Waals surface area contributed by atoms with Crippen molar-refractivity contribution >= 4 is 27.2 Å². The summed E-state index contributed by atoms with van der Waals surface area (Å²) in [5.74, 6) is 0. The highest BCUT2D eigenvalue weighted by Crippen LogP contribution is 2.41. The van der Waals surface area contributed by atoms with E-state index in [1.165, 1.54) is 6.20 Å². The Hall–Kier alpha value is -1.00. The van der Waals surface area contributed by atoms with Crippen LogP contribution in [-0.2, 0) is 14.2 Å². The molecule has 0 bridgehead atoms. The summed E-state index contributed by atoms with van der Waals surface area (Å²) in [4.78, 5) is 2.98. The van der Waals surface area contributed by atoms with Gasteiger partial charge < -0.3 is 30.1 Å². The number of halogens is 1. The van der Waals surface area contributed by atoms with Crippen LogP contribution in [0.1, 0.15) is 5.56 Å². The number of aliphatic hydroxyl groups excluding tert-OH is 3. The summed E-state index contributed by atoms with van der Waals surface area (Å²) < 4.78 is 10.1. The lowest BCUT2D eigenvalue weighted by Crippen LogP contribution is -2.65. The number of para-hydroxylation sites is 1. The van der Waals surface area contributed by atoms with E-state index in [0.717, 1.165) is 5.52 Å². The number of hydrogen-bond acceptors (Lipinski definition) is 6. The third kappa shape index (κ3) is 2.19. The second-order valence-electron chi connectivity index (χ2n) is 5.28. The van der Waals surface area contributed by atoms with Gasteiger partial charge in [0.05, 0.1) is 6.61 Å². The summed E-state index contributed by atoms with van der Waals surface area (Å²) in [6.07, 6.45) is -3.94. The maximum atomic E-state index is 11.1. The summed E-state index contributed by atoms with van der Waals surface area (Å²) in [5, 5.41) is 41.9. The number of aliphatic hydroxyl groups is 4. The molecule has 120 valence electrons. The molecule has 0 radical (unpaired) electrons. The molecule has 2 heterocycles. The monoisotopic (exact) mass is 373 g/mol. The molecule has 22 heavy (non-hydrogen) atoms. The van der Waals surface area contributed by atoms with Crippen molar-refractivity contribution in [2.45, 2.75) is 30.2 Å². The van der Waals surface area contributed by atoms with Gasteiger partial charge in [-0.25, -0.2) is 0 Å². The van der Waals surface area contributed by atoms with E-state index >= 15 is 0 Å². The van der Waals surface area contributed by atoms with Crippen LogP contribution in [0.5, 0.6) is 0 Å². The van der Waals surface area contributed by atoms with Crippen molar-refractivity contribution in [3.63, 3.8) is 0 Å². The van der Waals surface area contributed by atoms with E-state index in [1.54, 1.807) is 12.1 Å². The van der Waals surface area contributed by atoms with Gasteiger partial charge in [-0.2, -0.15) is 0 Å². The van der Waals surface area contributed by atoms with Gasteiger partial charge in [-0.3, -0.25) is 3.83 Å². The van der Waals surface area contributed by atoms with Crippen molar-refractivity contribution in [3.8, 4) is 0 Å². The van der Waals surface area contributed by atoms with Crippen LogP contribution in [0, 0.1) is 0 Å². The molecule has 2 aromatic rings. The number of nitrogens with one attached hydrogen (secondary N) is 1. The highest BCUT2D eigenvalue weighted by molar-refractivity contribution is 9.06. The number of aromatic nitrogens is 1. The molecule has 5 N–H and O–H groups in total. The average Bonchev–Trinajstić information content (AvgIpc) is 2.98. The highest BCUT2D eigenvalue weighted by atomic mass is 79.9. The van der Waals surface area contributed by atoms with Gasteiger partial charge >= 0.3 is 0 Å². The zero-order valence-electron chi connectivity index (χ0n) is 11.4. The van der Waals surface area contributed by atoms with Gasteiger partial charge in [0.2, 0.25) is 0 Å². The number of H-pyrrole nitrogens is 1. The quantitative estimate of drug-likeness (QED) is 0.522. The molecule has 3 rings (SSSR count). The van der Waals surface area contributed by atoms with Crippen LogP contribution in [0.15, 0.2) is 30.5 Å². The number of rotatable bonds is 3. The van der Waals surface area contributed by atoms with Crippen LogP contribution >= 0.6 is 16.3 Å². The normalized spacial score (nSPS) is 35.9. The predicted octanol–water partition coefficient (Wildman–Crippen LogP) is 0.121. The molecule has 0 spiro atoms. The molecule has 0 unspecified atom stereocenters. The molecule has 0 amide bonds. The molecule has 0 saturated carbocycles. The molecule has 7 nitrogen and oxygen atoms in total. The Bertz CT molecular complexity index is 646. The molecule has 1 aliphatic heterocycles. The number of benzene rings is 1. The van der Waals surface area contributed by atoms with Crippen LogP contribution in [0.4, 0.5) is 0 Å². The minimum Gasteiger partial charge on any atom is -0.394 e. The molecule has 5 atom stereocenters. The number of ether oxygens (including phenoxy) is 1. The summed E-state index contributed by atoms with van der Waals surface area (Å²) in [6.45, 7) is -0.536. The second-order valence-corrected chi connectivity index (χ2v) is 5.65. The fraction of sp³-hybridized carbons (Fsp3) is 0.429. The Morgan fingerprint density at radius 1 is 1.27 bits per heavy atom. The number of hydrogen-bond donors (Lipinski definition) is 5. The lowest BCUT2D eigenvalue weighted by molar-refractivity contribution is -0.314. The smallest absolute Gasteiger partial charge is 0.200 e. The first-order chi connectivity index (χ1) is 10.5. The van der Waals surface area contributed by atoms with Crippen molar-refractivity contribution < 1.29 is 29.0 Å². The summed E-state index contributed by atoms with van der Waals surface area (Å²) in [6, 6.07) is 7.17. The van der Waals surface area contributed by atoms with Crippen LogP contribution in [0.2, 0.25) is 0 Å². The van der Waals surface area contributed by atoms with Crippen LogP contribution in [-0.4, -0.2) is 56.6 Å². The van der Waals surface area contributed by atoms with Crippen LogP contribution in [0.3, 0.4) is 0 Å². The Morgan fingerprint density at radius 2 is 2.00 bits per heavy atom. The fourth-order valence-corrected chi connectivity index (χ4v) is 3.21. The standard InChI is InChI=1S/C14H16BrNO6/c15-22-13-12(19)14(20,11(18)10(6-17)21-13)8-5-16-9-4-2-1-3-7(8)9/h1-5,10-13,16-20H,6H2/t10-,11+,12+,13-,14+/m1/s1. The maximum absolute atomic E-state index is 11.1. The zero-order valence-corrected chi connectivity index (χ0v) is 13.0. The van der Waals surface area contributed by atoms with E-state index < -0.39 is 36.8 Å². The second kappa shape index (κ2) is 5.89. The molecular formula is C14H16BrNO6. The fourth-order valence-electron chi connectivity index (χ4n) is 2.92. The molecular weight excluding hydrogens is 358 g/mol. The van der Waals surface area contributed by atoms with Crippen molar-refractivity contribution in [1.29, 1.82) is 0 Å². The minimum atomic E-state index is -2.07. The third-order valence-corrected chi connectivity index (χ3v) is 4.48. The first kappa shape index (κ1) is 15.9. The summed E-state index contributed by atoms with van der Waals surface area (Å²) >= 11 is 2.73. The molecule has 1 aliphatic rings. The molecule has 8 heteroatoms. The van der Waals surface area contributed by atoms with Crippen molar-refractivity contribution in [1.82, 2.24) is 4.98 Å². The van der Waals surface area contributed by atoms with E-state index in [1.807, 2.05) is 12.1 Å². The van der Waals surface area contributed by atoms with E-state index in [9.17, 15) is 20.4 Å². The van der Waals surface area contributed by atoms with Gasteiger partial charge in [0.1, 0.15) is 34.6 Å². The number of aromatic amines is 1. The van der Waals surface area contributed by atoms with Gasteiger partial charge in [0.15, 0.2) is 11.9 Å². The average molecular weight is 374 g/mol. The van der Waals surface area contributed by atoms with E-state index in [-0.39, 0.29) is 0 Å². The molecule has 1 saturated heterocycles. The summed E-state index contributed by atoms with van der Waals surface area (Å²) in [5.41, 5.74) is -1.02. The lowest BCUT2D eigenvalue weighted by Gasteiger charge is -2.46. The van der Waals surface area contributed by atoms with Gasteiger partial charge in [-0.05, 0) is 6.07 Å². The topological polar surface area (TPSA) is 115 Å². The third-order valence-electron chi connectivity index (χ3n) is 4.11. The largest absolute Gasteiger partial charge is 0.394 e. The predicted molar refractivity (Wildman–Crippen MR) is 80.0 cm³/mol. The number of fused-ring (bicyclic) bond motifs is 1. The van der Waals surface area contributed by atoms with Crippen LogP contribution < -0.4 is 0 Å². The Balaban J connectivity index is 2.15. The van der Waals surface area contributed by atoms with Crippen molar-refractivity contribution in [2.75, 3.05) is 6.61 Å². The Kier molecular flexibility index (Phi) is 4.25. The van der Waals surface area contributed by atoms with E-state index in [4.69, 9.17) is 8.57 Å². The molecule has 1 aromatic carbocycles. The zero-order chi connectivity index (χ0) is 15.9. The van der Waals surface area contributed by atoms with Crippen LogP contribution in [0.25, 0.3) is 10.9 Å². The molecule has 0 aliphatic carbocycles. The lowest BCUT2D eigenvalue weighted by atomic mass is 9.78. The molecule has 1 fully saturated rings. The van der Waals surface area contributed by atoms with Gasteiger partial charge in [0.25, 0.3) is 0 Å².